The van der Waals surface area contributed by atoms with Gasteiger partial charge in [-0.15, -0.1) is 0 Å². The lowest BCUT2D eigenvalue weighted by Crippen LogP contribution is -2.53. The van der Waals surface area contributed by atoms with Crippen molar-refractivity contribution < 1.29 is 17.9 Å². The van der Waals surface area contributed by atoms with E-state index in [1.165, 1.54) is 32.1 Å². The number of benzene rings is 1. The highest BCUT2D eigenvalue weighted by Gasteiger charge is 2.54. The second-order valence-electron chi connectivity index (χ2n) is 9.56. The zero-order valence-electron chi connectivity index (χ0n) is 18.4. The number of hydrogen-bond acceptors (Lipinski definition) is 5. The summed E-state index contributed by atoms with van der Waals surface area (Å²) in [7, 11) is -3.64. The molecule has 1 aromatic carbocycles. The van der Waals surface area contributed by atoms with E-state index in [2.05, 4.69) is 4.90 Å². The molecule has 1 amide bonds. The lowest BCUT2D eigenvalue weighted by molar-refractivity contribution is 0.0260. The summed E-state index contributed by atoms with van der Waals surface area (Å²) in [6.07, 6.45) is 7.95. The smallest absolute Gasteiger partial charge is 0.410 e. The van der Waals surface area contributed by atoms with Crippen molar-refractivity contribution in [3.63, 3.8) is 0 Å². The number of carbonyl (C=O) groups excluding carboxylic acids is 1. The maximum atomic E-state index is 13.3. The highest BCUT2D eigenvalue weighted by molar-refractivity contribution is 7.89. The van der Waals surface area contributed by atoms with Crippen molar-refractivity contribution in [2.75, 3.05) is 26.2 Å². The van der Waals surface area contributed by atoms with E-state index in [4.69, 9.17) is 16.3 Å². The summed E-state index contributed by atoms with van der Waals surface area (Å²) in [4.78, 5) is 17.4. The second-order valence-corrected chi connectivity index (χ2v) is 11.8. The van der Waals surface area contributed by atoms with E-state index in [1.54, 1.807) is 33.5 Å². The molecule has 4 aliphatic rings. The van der Waals surface area contributed by atoms with Gasteiger partial charge in [0.2, 0.25) is 10.0 Å². The van der Waals surface area contributed by atoms with Crippen molar-refractivity contribution in [3.05, 3.63) is 29.3 Å². The van der Waals surface area contributed by atoms with E-state index in [-0.39, 0.29) is 29.2 Å². The molecule has 0 aromatic heterocycles. The minimum Gasteiger partial charge on any atom is -0.444 e. The van der Waals surface area contributed by atoms with Crippen LogP contribution in [0.3, 0.4) is 0 Å². The van der Waals surface area contributed by atoms with Gasteiger partial charge in [0.05, 0.1) is 10.9 Å². The Kier molecular flexibility index (Phi) is 6.40. The minimum atomic E-state index is -3.64. The summed E-state index contributed by atoms with van der Waals surface area (Å²) in [5, 5.41) is 0.503. The maximum absolute atomic E-state index is 13.3. The summed E-state index contributed by atoms with van der Waals surface area (Å²) >= 11 is 5.92. The molecule has 1 saturated carbocycles. The third kappa shape index (κ3) is 4.27. The van der Waals surface area contributed by atoms with E-state index in [9.17, 15) is 13.2 Å². The Balaban J connectivity index is 1.19. The molecule has 3 saturated heterocycles. The number of nitrogens with zero attached hydrogens (tertiary/aromatic N) is 3. The van der Waals surface area contributed by atoms with Crippen molar-refractivity contribution in [2.45, 2.75) is 80.5 Å². The number of amides is 1. The van der Waals surface area contributed by atoms with Gasteiger partial charge < -0.3 is 9.64 Å². The summed E-state index contributed by atoms with van der Waals surface area (Å²) < 4.78 is 34.0. The first-order valence-corrected chi connectivity index (χ1v) is 13.7. The normalized spacial score (nSPS) is 30.0. The van der Waals surface area contributed by atoms with E-state index < -0.39 is 10.0 Å². The molecule has 32 heavy (non-hydrogen) atoms. The van der Waals surface area contributed by atoms with E-state index in [0.29, 0.717) is 30.6 Å². The van der Waals surface area contributed by atoms with Crippen LogP contribution in [0.5, 0.6) is 0 Å². The highest BCUT2D eigenvalue weighted by atomic mass is 35.5. The minimum absolute atomic E-state index is 0.110. The van der Waals surface area contributed by atoms with Crippen LogP contribution < -0.4 is 0 Å². The van der Waals surface area contributed by atoms with Crippen molar-refractivity contribution >= 4 is 27.7 Å². The Labute approximate surface area is 195 Å². The first kappa shape index (κ1) is 22.4. The van der Waals surface area contributed by atoms with Crippen LogP contribution in [0.2, 0.25) is 5.02 Å². The molecule has 0 spiro atoms. The number of carbonyl (C=O) groups is 1. The first-order chi connectivity index (χ1) is 15.4. The molecule has 176 valence electrons. The van der Waals surface area contributed by atoms with Crippen LogP contribution in [-0.4, -0.2) is 79.0 Å². The van der Waals surface area contributed by atoms with Crippen LogP contribution in [-0.2, 0) is 14.8 Å². The lowest BCUT2D eigenvalue weighted by Gasteiger charge is -2.40. The van der Waals surface area contributed by atoms with Crippen molar-refractivity contribution in [2.24, 2.45) is 0 Å². The number of halogens is 1. The predicted molar refractivity (Wildman–Crippen MR) is 122 cm³/mol. The molecule has 0 radical (unpaired) electrons. The van der Waals surface area contributed by atoms with Gasteiger partial charge in [-0.05, 0) is 49.9 Å². The van der Waals surface area contributed by atoms with E-state index in [1.807, 2.05) is 0 Å². The molecule has 1 aromatic rings. The van der Waals surface area contributed by atoms with Crippen LogP contribution in [0.1, 0.15) is 51.4 Å². The molecule has 4 fully saturated rings. The SMILES string of the molecule is O=C(OC1C[C@H]2CCC1N2S(=O)(=O)c1ccc(Cl)cc1)N1CCN(C2CCCCC2)CC1. The van der Waals surface area contributed by atoms with Gasteiger partial charge in [0.15, 0.2) is 0 Å². The molecule has 5 rings (SSSR count). The summed E-state index contributed by atoms with van der Waals surface area (Å²) in [5.41, 5.74) is 0. The van der Waals surface area contributed by atoms with Crippen molar-refractivity contribution in [1.82, 2.24) is 14.1 Å². The summed E-state index contributed by atoms with van der Waals surface area (Å²) in [5.74, 6) is 0. The van der Waals surface area contributed by atoms with Crippen LogP contribution in [0, 0.1) is 0 Å². The molecule has 3 atom stereocenters. The van der Waals surface area contributed by atoms with Crippen LogP contribution in [0.15, 0.2) is 29.2 Å². The van der Waals surface area contributed by atoms with E-state index in [0.717, 1.165) is 25.9 Å². The molecule has 2 bridgehead atoms. The Bertz CT molecular complexity index is 927. The first-order valence-electron chi connectivity index (χ1n) is 11.9. The molecule has 0 N–H and O–H groups in total. The Morgan fingerprint density at radius 3 is 2.28 bits per heavy atom. The molecule has 2 unspecified atom stereocenters. The molecular weight excluding hydrogens is 450 g/mol. The highest BCUT2D eigenvalue weighted by Crippen LogP contribution is 2.43. The number of rotatable bonds is 4. The zero-order valence-corrected chi connectivity index (χ0v) is 19.9. The third-order valence-electron chi connectivity index (χ3n) is 7.72. The maximum Gasteiger partial charge on any atom is 0.410 e. The van der Waals surface area contributed by atoms with Crippen LogP contribution in [0.4, 0.5) is 4.79 Å². The van der Waals surface area contributed by atoms with Gasteiger partial charge in [0, 0.05) is 49.7 Å². The van der Waals surface area contributed by atoms with Gasteiger partial charge in [-0.3, -0.25) is 4.90 Å². The Morgan fingerprint density at radius 1 is 0.906 bits per heavy atom. The van der Waals surface area contributed by atoms with Gasteiger partial charge in [-0.25, -0.2) is 13.2 Å². The van der Waals surface area contributed by atoms with Crippen LogP contribution >= 0.6 is 11.6 Å². The standard InChI is InChI=1S/C23H32ClN3O4S/c24-17-6-9-20(10-7-17)32(29,30)27-19-8-11-21(27)22(16-19)31-23(28)26-14-12-25(13-15-26)18-4-2-1-3-5-18/h6-7,9-10,18-19,21-22H,1-5,8,11-16H2/t19-,21?,22?/m1/s1. The van der Waals surface area contributed by atoms with E-state index >= 15 is 0 Å². The average molecular weight is 482 g/mol. The largest absolute Gasteiger partial charge is 0.444 e. The topological polar surface area (TPSA) is 70.2 Å². The number of piperazine rings is 1. The fourth-order valence-corrected chi connectivity index (χ4v) is 8.07. The molecular formula is C23H32ClN3O4S. The Morgan fingerprint density at radius 2 is 1.59 bits per heavy atom. The predicted octanol–water partition coefficient (Wildman–Crippen LogP) is 3.72. The van der Waals surface area contributed by atoms with Gasteiger partial charge in [0.25, 0.3) is 0 Å². The van der Waals surface area contributed by atoms with Crippen LogP contribution in [0.25, 0.3) is 0 Å². The number of ether oxygens (including phenoxy) is 1. The second kappa shape index (κ2) is 9.12. The average Bonchev–Trinajstić information content (AvgIpc) is 3.39. The Hall–Kier alpha value is -1.35. The number of sulfonamides is 1. The van der Waals surface area contributed by atoms with Crippen molar-refractivity contribution in [3.8, 4) is 0 Å². The monoisotopic (exact) mass is 481 g/mol. The fraction of sp³-hybridized carbons (Fsp3) is 0.696. The summed E-state index contributed by atoms with van der Waals surface area (Å²) in [6, 6.07) is 6.55. The zero-order chi connectivity index (χ0) is 22.3. The third-order valence-corrected chi connectivity index (χ3v) is 9.96. The number of hydrogen-bond donors (Lipinski definition) is 0. The fourth-order valence-electron chi connectivity index (χ4n) is 6.03. The molecule has 9 heteroatoms. The van der Waals surface area contributed by atoms with Gasteiger partial charge in [-0.2, -0.15) is 4.31 Å². The molecule has 7 nitrogen and oxygen atoms in total. The lowest BCUT2D eigenvalue weighted by atomic mass is 9.94. The summed E-state index contributed by atoms with van der Waals surface area (Å²) in [6.45, 7) is 3.16. The van der Waals surface area contributed by atoms with Gasteiger partial charge in [-0.1, -0.05) is 30.9 Å². The quantitative estimate of drug-likeness (QED) is 0.655. The molecule has 3 heterocycles. The molecule has 3 aliphatic heterocycles. The van der Waals surface area contributed by atoms with Gasteiger partial charge in [0.1, 0.15) is 6.10 Å². The molecule has 1 aliphatic carbocycles. The number of fused-ring (bicyclic) bond motifs is 2. The van der Waals surface area contributed by atoms with Gasteiger partial charge >= 0.3 is 6.09 Å². The van der Waals surface area contributed by atoms with Crippen molar-refractivity contribution in [1.29, 1.82) is 0 Å².